The van der Waals surface area contributed by atoms with E-state index in [4.69, 9.17) is 4.74 Å². The molecule has 1 heterocycles. The molecule has 0 radical (unpaired) electrons. The Morgan fingerprint density at radius 2 is 2.00 bits per heavy atom. The molecule has 0 atom stereocenters. The molecule has 0 aromatic rings. The number of carbonyl (C=O) groups excluding carboxylic acids is 1. The van der Waals surface area contributed by atoms with Gasteiger partial charge in [0.2, 0.25) is 5.91 Å². The van der Waals surface area contributed by atoms with Gasteiger partial charge in [0.25, 0.3) is 0 Å². The number of nitrogens with one attached hydrogen (secondary N) is 1. The highest BCUT2D eigenvalue weighted by molar-refractivity contribution is 5.75. The predicted octanol–water partition coefficient (Wildman–Crippen LogP) is 0.623. The van der Waals surface area contributed by atoms with Crippen molar-refractivity contribution in [1.29, 1.82) is 0 Å². The highest BCUT2D eigenvalue weighted by Gasteiger charge is 2.34. The Morgan fingerprint density at radius 3 is 2.47 bits per heavy atom. The van der Waals surface area contributed by atoms with Gasteiger partial charge in [-0.3, -0.25) is 4.79 Å². The summed E-state index contributed by atoms with van der Waals surface area (Å²) in [4.78, 5) is 13.5. The summed E-state index contributed by atoms with van der Waals surface area (Å²) in [5, 5.41) is 2.99. The van der Waals surface area contributed by atoms with Crippen LogP contribution in [0.3, 0.4) is 0 Å². The van der Waals surface area contributed by atoms with Crippen LogP contribution in [0.25, 0.3) is 0 Å². The first-order valence-corrected chi connectivity index (χ1v) is 5.62. The number of rotatable bonds is 4. The molecule has 15 heavy (non-hydrogen) atoms. The lowest BCUT2D eigenvalue weighted by Gasteiger charge is -2.42. The van der Waals surface area contributed by atoms with E-state index >= 15 is 0 Å². The van der Waals surface area contributed by atoms with Crippen molar-refractivity contribution >= 4 is 5.91 Å². The maximum Gasteiger partial charge on any atom is 0.219 e. The third kappa shape index (κ3) is 3.18. The Bertz CT molecular complexity index is 211. The molecule has 1 fully saturated rings. The lowest BCUT2D eigenvalue weighted by Crippen LogP contribution is -2.55. The molecule has 1 saturated heterocycles. The van der Waals surface area contributed by atoms with Crippen molar-refractivity contribution in [3.63, 3.8) is 0 Å². The monoisotopic (exact) mass is 214 g/mol. The zero-order valence-electron chi connectivity index (χ0n) is 10.0. The summed E-state index contributed by atoms with van der Waals surface area (Å²) in [6.07, 6.45) is 2.54. The maximum atomic E-state index is 11.3. The Labute approximate surface area is 92.0 Å². The van der Waals surface area contributed by atoms with Gasteiger partial charge in [0, 0.05) is 31.7 Å². The smallest absolute Gasteiger partial charge is 0.219 e. The molecule has 1 amide bonds. The quantitative estimate of drug-likeness (QED) is 0.746. The zero-order chi connectivity index (χ0) is 11.3. The number of hydrogen-bond acceptors (Lipinski definition) is 3. The van der Waals surface area contributed by atoms with Gasteiger partial charge in [-0.1, -0.05) is 6.92 Å². The van der Waals surface area contributed by atoms with Gasteiger partial charge in [0.15, 0.2) is 0 Å². The van der Waals surface area contributed by atoms with Crippen LogP contribution in [-0.2, 0) is 9.53 Å². The van der Waals surface area contributed by atoms with Crippen LogP contribution in [0.4, 0.5) is 0 Å². The van der Waals surface area contributed by atoms with E-state index in [0.717, 1.165) is 32.6 Å². The largest absolute Gasteiger partial charge is 0.381 e. The number of ether oxygens (including phenoxy) is 1. The van der Waals surface area contributed by atoms with Crippen LogP contribution in [0.15, 0.2) is 0 Å². The third-order valence-corrected chi connectivity index (χ3v) is 3.31. The van der Waals surface area contributed by atoms with Gasteiger partial charge < -0.3 is 15.0 Å². The minimum absolute atomic E-state index is 0.0864. The molecule has 1 aliphatic heterocycles. The second-order valence-electron chi connectivity index (χ2n) is 4.36. The molecule has 1 N–H and O–H groups in total. The van der Waals surface area contributed by atoms with Crippen LogP contribution in [0, 0.1) is 0 Å². The number of amides is 1. The first kappa shape index (κ1) is 12.5. The minimum atomic E-state index is 0.0864. The Balaban J connectivity index is 2.53. The highest BCUT2D eigenvalue weighted by atomic mass is 16.5. The summed E-state index contributed by atoms with van der Waals surface area (Å²) in [5.74, 6) is 0.128. The van der Waals surface area contributed by atoms with Gasteiger partial charge in [-0.25, -0.2) is 0 Å². The molecule has 4 nitrogen and oxygen atoms in total. The predicted molar refractivity (Wildman–Crippen MR) is 59.8 cm³/mol. The molecule has 0 aromatic carbocycles. The number of hydrogen-bond donors (Lipinski definition) is 1. The van der Waals surface area contributed by atoms with Crippen molar-refractivity contribution in [3.05, 3.63) is 0 Å². The van der Waals surface area contributed by atoms with Crippen molar-refractivity contribution in [3.8, 4) is 0 Å². The Morgan fingerprint density at radius 1 is 1.40 bits per heavy atom. The average molecular weight is 214 g/mol. The molecule has 0 aromatic heterocycles. The second kappa shape index (κ2) is 5.47. The van der Waals surface area contributed by atoms with Gasteiger partial charge in [-0.2, -0.15) is 0 Å². The Kier molecular flexibility index (Phi) is 4.54. The third-order valence-electron chi connectivity index (χ3n) is 3.31. The second-order valence-corrected chi connectivity index (χ2v) is 4.36. The van der Waals surface area contributed by atoms with Gasteiger partial charge in [0.1, 0.15) is 0 Å². The van der Waals surface area contributed by atoms with E-state index < -0.39 is 0 Å². The summed E-state index contributed by atoms with van der Waals surface area (Å²) in [6, 6.07) is 0. The van der Waals surface area contributed by atoms with Crippen LogP contribution < -0.4 is 5.32 Å². The molecule has 0 spiro atoms. The van der Waals surface area contributed by atoms with Crippen LogP contribution in [-0.4, -0.2) is 50.2 Å². The lowest BCUT2D eigenvalue weighted by atomic mass is 9.88. The molecule has 0 unspecified atom stereocenters. The molecule has 0 saturated carbocycles. The summed E-state index contributed by atoms with van der Waals surface area (Å²) < 4.78 is 5.37. The molecule has 4 heteroatoms. The van der Waals surface area contributed by atoms with Gasteiger partial charge in [-0.15, -0.1) is 0 Å². The average Bonchev–Trinajstić information content (AvgIpc) is 2.27. The molecule has 1 rings (SSSR count). The highest BCUT2D eigenvalue weighted by Crippen LogP contribution is 2.24. The molecular formula is C11H22N2O2. The topological polar surface area (TPSA) is 41.6 Å². The fourth-order valence-electron chi connectivity index (χ4n) is 1.92. The lowest BCUT2D eigenvalue weighted by molar-refractivity contribution is -0.121. The molecule has 88 valence electrons. The van der Waals surface area contributed by atoms with Crippen molar-refractivity contribution in [2.24, 2.45) is 0 Å². The molecule has 1 aliphatic rings. The van der Waals surface area contributed by atoms with E-state index in [1.807, 2.05) is 6.92 Å². The molecule has 0 bridgehead atoms. The molecule has 0 aliphatic carbocycles. The van der Waals surface area contributed by atoms with E-state index in [0.29, 0.717) is 6.42 Å². The van der Waals surface area contributed by atoms with Crippen LogP contribution in [0.2, 0.25) is 0 Å². The van der Waals surface area contributed by atoms with Crippen molar-refractivity contribution in [2.75, 3.05) is 33.9 Å². The number of carbonyl (C=O) groups is 1. The van der Waals surface area contributed by atoms with E-state index in [1.165, 1.54) is 0 Å². The normalized spacial score (nSPS) is 20.3. The number of likely N-dealkylation sites (N-methyl/N-ethyl adjacent to an activating group) is 1. The summed E-state index contributed by atoms with van der Waals surface area (Å²) in [5.41, 5.74) is 0.0864. The number of nitrogens with zero attached hydrogens (tertiary/aromatic N) is 1. The summed E-state index contributed by atoms with van der Waals surface area (Å²) in [6.45, 7) is 4.19. The van der Waals surface area contributed by atoms with Crippen molar-refractivity contribution in [1.82, 2.24) is 10.2 Å². The first-order chi connectivity index (χ1) is 7.10. The van der Waals surface area contributed by atoms with Gasteiger partial charge in [0.05, 0.1) is 0 Å². The van der Waals surface area contributed by atoms with E-state index in [-0.39, 0.29) is 11.4 Å². The van der Waals surface area contributed by atoms with E-state index in [2.05, 4.69) is 24.3 Å². The van der Waals surface area contributed by atoms with Gasteiger partial charge in [-0.05, 0) is 26.9 Å². The van der Waals surface area contributed by atoms with Crippen molar-refractivity contribution < 1.29 is 9.53 Å². The summed E-state index contributed by atoms with van der Waals surface area (Å²) >= 11 is 0. The fourth-order valence-corrected chi connectivity index (χ4v) is 1.92. The van der Waals surface area contributed by atoms with E-state index in [1.54, 1.807) is 0 Å². The zero-order valence-corrected chi connectivity index (χ0v) is 10.0. The Hall–Kier alpha value is -0.610. The maximum absolute atomic E-state index is 11.3. The molecular weight excluding hydrogens is 192 g/mol. The standard InChI is InChI=1S/C11H22N2O2/c1-4-10(14)12-9-11(13(2)3)5-7-15-8-6-11/h4-9H2,1-3H3,(H,12,14). The minimum Gasteiger partial charge on any atom is -0.381 e. The summed E-state index contributed by atoms with van der Waals surface area (Å²) in [7, 11) is 4.15. The van der Waals surface area contributed by atoms with Crippen molar-refractivity contribution in [2.45, 2.75) is 31.7 Å². The first-order valence-electron chi connectivity index (χ1n) is 5.62. The fraction of sp³-hybridized carbons (Fsp3) is 0.909. The van der Waals surface area contributed by atoms with Crippen LogP contribution >= 0.6 is 0 Å². The van der Waals surface area contributed by atoms with E-state index in [9.17, 15) is 4.79 Å². The van der Waals surface area contributed by atoms with Crippen LogP contribution in [0.5, 0.6) is 0 Å². The van der Waals surface area contributed by atoms with Crippen LogP contribution in [0.1, 0.15) is 26.2 Å². The SMILES string of the molecule is CCC(=O)NCC1(N(C)C)CCOCC1. The van der Waals surface area contributed by atoms with Gasteiger partial charge >= 0.3 is 0 Å².